The highest BCUT2D eigenvalue weighted by Gasteiger charge is 2.19. The molecule has 0 aliphatic carbocycles. The molecule has 96 valence electrons. The van der Waals surface area contributed by atoms with Crippen molar-refractivity contribution in [2.75, 3.05) is 17.7 Å². The van der Waals surface area contributed by atoms with Gasteiger partial charge in [-0.15, -0.1) is 0 Å². The molecule has 7 heteroatoms. The first-order valence-corrected chi connectivity index (χ1v) is 8.60. The Morgan fingerprint density at radius 2 is 2.18 bits per heavy atom. The maximum atomic E-state index is 12.1. The van der Waals surface area contributed by atoms with E-state index >= 15 is 0 Å². The van der Waals surface area contributed by atoms with Gasteiger partial charge in [-0.25, -0.2) is 13.1 Å². The average Bonchev–Trinajstić information content (AvgIpc) is 2.15. The summed E-state index contributed by atoms with van der Waals surface area (Å²) >= 11 is 4.80. The van der Waals surface area contributed by atoms with Crippen molar-refractivity contribution in [3.05, 3.63) is 22.7 Å². The zero-order valence-corrected chi connectivity index (χ0v) is 12.8. The standard InChI is InChI=1S/C10H15BrN2O2S2/c1-7(6-16-2)13-17(14,15)10-4-3-8(12)5-9(10)11/h3-5,7,13H,6,12H2,1-2H3. The van der Waals surface area contributed by atoms with Crippen LogP contribution < -0.4 is 10.5 Å². The summed E-state index contributed by atoms with van der Waals surface area (Å²) in [7, 11) is -3.49. The summed E-state index contributed by atoms with van der Waals surface area (Å²) in [4.78, 5) is 0.208. The van der Waals surface area contributed by atoms with Crippen molar-refractivity contribution in [1.29, 1.82) is 0 Å². The van der Waals surface area contributed by atoms with Crippen LogP contribution in [-0.2, 0) is 10.0 Å². The topological polar surface area (TPSA) is 72.2 Å². The molecule has 0 spiro atoms. The largest absolute Gasteiger partial charge is 0.399 e. The van der Waals surface area contributed by atoms with Gasteiger partial charge in [0.2, 0.25) is 10.0 Å². The third-order valence-corrected chi connectivity index (χ3v) is 5.42. The molecule has 0 fully saturated rings. The number of halogens is 1. The zero-order chi connectivity index (χ0) is 13.1. The van der Waals surface area contributed by atoms with Gasteiger partial charge in [0.25, 0.3) is 0 Å². The lowest BCUT2D eigenvalue weighted by molar-refractivity contribution is 0.570. The van der Waals surface area contributed by atoms with E-state index in [2.05, 4.69) is 20.7 Å². The zero-order valence-electron chi connectivity index (χ0n) is 9.60. The van der Waals surface area contributed by atoms with Gasteiger partial charge in [0, 0.05) is 22.0 Å². The maximum Gasteiger partial charge on any atom is 0.241 e. The van der Waals surface area contributed by atoms with Crippen LogP contribution >= 0.6 is 27.7 Å². The number of sulfonamides is 1. The number of hydrogen-bond acceptors (Lipinski definition) is 4. The maximum absolute atomic E-state index is 12.1. The summed E-state index contributed by atoms with van der Waals surface area (Å²) in [5.41, 5.74) is 6.09. The average molecular weight is 339 g/mol. The van der Waals surface area contributed by atoms with Crippen LogP contribution in [0.3, 0.4) is 0 Å². The van der Waals surface area contributed by atoms with E-state index in [1.807, 2.05) is 13.2 Å². The van der Waals surface area contributed by atoms with Crippen molar-refractivity contribution in [3.8, 4) is 0 Å². The van der Waals surface area contributed by atoms with E-state index in [1.165, 1.54) is 6.07 Å². The van der Waals surface area contributed by atoms with Crippen LogP contribution in [0.4, 0.5) is 5.69 Å². The number of rotatable bonds is 5. The number of nitrogens with two attached hydrogens (primary N) is 1. The van der Waals surface area contributed by atoms with E-state index in [9.17, 15) is 8.42 Å². The molecule has 0 saturated heterocycles. The van der Waals surface area contributed by atoms with Crippen molar-refractivity contribution in [2.24, 2.45) is 0 Å². The van der Waals surface area contributed by atoms with E-state index in [0.717, 1.165) is 5.75 Å². The Kier molecular flexibility index (Phi) is 5.30. The van der Waals surface area contributed by atoms with Crippen molar-refractivity contribution in [2.45, 2.75) is 17.9 Å². The van der Waals surface area contributed by atoms with Crippen molar-refractivity contribution in [1.82, 2.24) is 4.72 Å². The van der Waals surface area contributed by atoms with E-state index in [1.54, 1.807) is 23.9 Å². The summed E-state index contributed by atoms with van der Waals surface area (Å²) in [5.74, 6) is 0.728. The third-order valence-electron chi connectivity index (χ3n) is 2.02. The second kappa shape index (κ2) is 6.08. The number of hydrogen-bond donors (Lipinski definition) is 2. The molecule has 0 heterocycles. The van der Waals surface area contributed by atoms with Gasteiger partial charge in [-0.2, -0.15) is 11.8 Å². The first-order valence-electron chi connectivity index (χ1n) is 4.93. The fraction of sp³-hybridized carbons (Fsp3) is 0.400. The van der Waals surface area contributed by atoms with Gasteiger partial charge in [0.05, 0.1) is 4.90 Å². The molecule has 1 aromatic rings. The van der Waals surface area contributed by atoms with Crippen LogP contribution in [0.2, 0.25) is 0 Å². The van der Waals surface area contributed by atoms with E-state index < -0.39 is 10.0 Å². The molecule has 0 bridgehead atoms. The van der Waals surface area contributed by atoms with Gasteiger partial charge in [0.1, 0.15) is 0 Å². The van der Waals surface area contributed by atoms with E-state index in [4.69, 9.17) is 5.73 Å². The van der Waals surface area contributed by atoms with Crippen LogP contribution in [-0.4, -0.2) is 26.5 Å². The fourth-order valence-corrected chi connectivity index (χ4v) is 4.37. The molecule has 1 rings (SSSR count). The van der Waals surface area contributed by atoms with Crippen molar-refractivity contribution >= 4 is 43.4 Å². The molecule has 0 amide bonds. The van der Waals surface area contributed by atoms with Gasteiger partial charge >= 0.3 is 0 Å². The highest BCUT2D eigenvalue weighted by Crippen LogP contribution is 2.24. The molecule has 17 heavy (non-hydrogen) atoms. The van der Waals surface area contributed by atoms with Crippen LogP contribution in [0.1, 0.15) is 6.92 Å². The van der Waals surface area contributed by atoms with Gasteiger partial charge in [-0.1, -0.05) is 0 Å². The fourth-order valence-electron chi connectivity index (χ4n) is 1.35. The third kappa shape index (κ3) is 4.17. The van der Waals surface area contributed by atoms with Gasteiger partial charge < -0.3 is 5.73 Å². The molecule has 1 aromatic carbocycles. The predicted molar refractivity (Wildman–Crippen MR) is 76.7 cm³/mol. The minimum absolute atomic E-state index is 0.112. The van der Waals surface area contributed by atoms with Crippen LogP contribution in [0.15, 0.2) is 27.6 Å². The monoisotopic (exact) mass is 338 g/mol. The Hall–Kier alpha value is -0.240. The lowest BCUT2D eigenvalue weighted by Gasteiger charge is -2.14. The lowest BCUT2D eigenvalue weighted by Crippen LogP contribution is -2.34. The lowest BCUT2D eigenvalue weighted by atomic mass is 10.3. The number of thioether (sulfide) groups is 1. The number of nitrogens with one attached hydrogen (secondary N) is 1. The minimum atomic E-state index is -3.49. The second-order valence-electron chi connectivity index (χ2n) is 3.67. The normalized spacial score (nSPS) is 13.6. The molecule has 0 saturated carbocycles. The Morgan fingerprint density at radius 3 is 2.71 bits per heavy atom. The second-order valence-corrected chi connectivity index (χ2v) is 7.11. The highest BCUT2D eigenvalue weighted by molar-refractivity contribution is 9.10. The Labute approximate surface area is 115 Å². The molecule has 3 N–H and O–H groups in total. The van der Waals surface area contributed by atoms with Crippen molar-refractivity contribution < 1.29 is 8.42 Å². The number of benzene rings is 1. The quantitative estimate of drug-likeness (QED) is 0.806. The van der Waals surface area contributed by atoms with Crippen LogP contribution in [0.25, 0.3) is 0 Å². The van der Waals surface area contributed by atoms with Crippen LogP contribution in [0.5, 0.6) is 0 Å². The van der Waals surface area contributed by atoms with Gasteiger partial charge in [0.15, 0.2) is 0 Å². The molecule has 0 aliphatic heterocycles. The van der Waals surface area contributed by atoms with Gasteiger partial charge in [-0.3, -0.25) is 0 Å². The minimum Gasteiger partial charge on any atom is -0.399 e. The first kappa shape index (κ1) is 14.8. The summed E-state index contributed by atoms with van der Waals surface area (Å²) in [5, 5.41) is 0. The molecule has 1 unspecified atom stereocenters. The summed E-state index contributed by atoms with van der Waals surface area (Å²) < 4.78 is 27.2. The summed E-state index contributed by atoms with van der Waals surface area (Å²) in [6.45, 7) is 1.83. The number of anilines is 1. The van der Waals surface area contributed by atoms with Crippen LogP contribution in [0, 0.1) is 0 Å². The molecule has 0 aromatic heterocycles. The molecule has 4 nitrogen and oxygen atoms in total. The SMILES string of the molecule is CSCC(C)NS(=O)(=O)c1ccc(N)cc1Br. The summed E-state index contributed by atoms with van der Waals surface area (Å²) in [6.07, 6.45) is 1.93. The van der Waals surface area contributed by atoms with Crippen molar-refractivity contribution in [3.63, 3.8) is 0 Å². The highest BCUT2D eigenvalue weighted by atomic mass is 79.9. The Balaban J connectivity index is 2.97. The molecule has 0 aliphatic rings. The van der Waals surface area contributed by atoms with E-state index in [0.29, 0.717) is 10.2 Å². The predicted octanol–water partition coefficient (Wildman–Crippen LogP) is 2.06. The molecule has 1 atom stereocenters. The smallest absolute Gasteiger partial charge is 0.241 e. The summed E-state index contributed by atoms with van der Waals surface area (Å²) in [6, 6.07) is 4.53. The van der Waals surface area contributed by atoms with Gasteiger partial charge in [-0.05, 0) is 47.3 Å². The Bertz CT molecular complexity index is 491. The first-order chi connectivity index (χ1) is 7.86. The number of nitrogen functional groups attached to an aromatic ring is 1. The van der Waals surface area contributed by atoms with E-state index in [-0.39, 0.29) is 10.9 Å². The molecular formula is C10H15BrN2O2S2. The Morgan fingerprint density at radius 1 is 1.53 bits per heavy atom. The molecule has 0 radical (unpaired) electrons. The molecular weight excluding hydrogens is 324 g/mol.